The molecule has 1 saturated carbocycles. The van der Waals surface area contributed by atoms with Gasteiger partial charge in [-0.1, -0.05) is 6.42 Å². The first-order chi connectivity index (χ1) is 9.00. The fourth-order valence-electron chi connectivity index (χ4n) is 3.53. The van der Waals surface area contributed by atoms with Crippen molar-refractivity contribution in [1.29, 1.82) is 0 Å². The van der Waals surface area contributed by atoms with Crippen LogP contribution >= 0.6 is 0 Å². The lowest BCUT2D eigenvalue weighted by Crippen LogP contribution is -2.50. The van der Waals surface area contributed by atoms with Crippen LogP contribution in [0.2, 0.25) is 0 Å². The van der Waals surface area contributed by atoms with Crippen LogP contribution in [0.5, 0.6) is 0 Å². The maximum absolute atomic E-state index is 12.5. The number of carbonyl (C=O) groups is 1. The molecular formula is C15H29N3O. The van der Waals surface area contributed by atoms with E-state index >= 15 is 0 Å². The van der Waals surface area contributed by atoms with Crippen molar-refractivity contribution in [3.63, 3.8) is 0 Å². The molecule has 0 radical (unpaired) electrons. The van der Waals surface area contributed by atoms with Crippen LogP contribution in [0.4, 0.5) is 0 Å². The molecule has 4 nitrogen and oxygen atoms in total. The first-order valence-corrected chi connectivity index (χ1v) is 7.77. The van der Waals surface area contributed by atoms with Crippen LogP contribution in [-0.2, 0) is 4.79 Å². The molecular weight excluding hydrogens is 238 g/mol. The van der Waals surface area contributed by atoms with Crippen LogP contribution < -0.4 is 5.73 Å². The second-order valence-electron chi connectivity index (χ2n) is 6.51. The number of rotatable bonds is 3. The lowest BCUT2D eigenvalue weighted by molar-refractivity contribution is -0.137. The summed E-state index contributed by atoms with van der Waals surface area (Å²) in [4.78, 5) is 17.0. The van der Waals surface area contributed by atoms with Gasteiger partial charge >= 0.3 is 0 Å². The molecule has 110 valence electrons. The summed E-state index contributed by atoms with van der Waals surface area (Å²) in [5.41, 5.74) is 6.05. The van der Waals surface area contributed by atoms with E-state index < -0.39 is 0 Å². The van der Waals surface area contributed by atoms with E-state index in [1.807, 2.05) is 11.9 Å². The summed E-state index contributed by atoms with van der Waals surface area (Å²) in [6.45, 7) is 6.70. The van der Waals surface area contributed by atoms with Crippen LogP contribution in [0.25, 0.3) is 0 Å². The Morgan fingerprint density at radius 1 is 1.21 bits per heavy atom. The number of piperidine rings is 1. The van der Waals surface area contributed by atoms with E-state index in [4.69, 9.17) is 5.73 Å². The lowest BCUT2D eigenvalue weighted by atomic mass is 9.98. The maximum Gasteiger partial charge on any atom is 0.227 e. The number of likely N-dealkylation sites (tertiary alicyclic amines) is 1. The summed E-state index contributed by atoms with van der Waals surface area (Å²) < 4.78 is 0. The van der Waals surface area contributed by atoms with Crippen LogP contribution in [-0.4, -0.2) is 54.0 Å². The highest BCUT2D eigenvalue weighted by molar-refractivity contribution is 5.80. The van der Waals surface area contributed by atoms with Crippen molar-refractivity contribution in [2.75, 3.05) is 20.1 Å². The molecule has 0 aromatic rings. The largest absolute Gasteiger partial charge is 0.342 e. The average molecular weight is 267 g/mol. The number of nitrogens with two attached hydrogens (primary N) is 1. The Morgan fingerprint density at radius 3 is 2.32 bits per heavy atom. The van der Waals surface area contributed by atoms with Crippen LogP contribution in [0.1, 0.15) is 46.0 Å². The zero-order chi connectivity index (χ0) is 14.0. The number of hydrogen-bond donors (Lipinski definition) is 1. The quantitative estimate of drug-likeness (QED) is 0.842. The third kappa shape index (κ3) is 3.29. The molecule has 2 fully saturated rings. The zero-order valence-corrected chi connectivity index (χ0v) is 12.6. The molecule has 2 unspecified atom stereocenters. The van der Waals surface area contributed by atoms with Crippen LogP contribution in [0.3, 0.4) is 0 Å². The summed E-state index contributed by atoms with van der Waals surface area (Å²) >= 11 is 0. The Morgan fingerprint density at radius 2 is 1.84 bits per heavy atom. The summed E-state index contributed by atoms with van der Waals surface area (Å²) in [5, 5.41) is 0. The van der Waals surface area contributed by atoms with E-state index in [0.717, 1.165) is 45.2 Å². The van der Waals surface area contributed by atoms with E-state index in [0.29, 0.717) is 12.1 Å². The highest BCUT2D eigenvalue weighted by Crippen LogP contribution is 2.27. The number of nitrogens with zero attached hydrogens (tertiary/aromatic N) is 2. The number of amides is 1. The van der Waals surface area contributed by atoms with E-state index in [1.165, 1.54) is 0 Å². The predicted octanol–water partition coefficient (Wildman–Crippen LogP) is 1.45. The number of carbonyl (C=O) groups excluding carboxylic acids is 1. The van der Waals surface area contributed by atoms with Crippen molar-refractivity contribution >= 4 is 5.91 Å². The summed E-state index contributed by atoms with van der Waals surface area (Å²) in [5.74, 6) is 0.362. The fraction of sp³-hybridized carbons (Fsp3) is 0.933. The smallest absolute Gasteiger partial charge is 0.227 e. The number of hydrogen-bond acceptors (Lipinski definition) is 3. The van der Waals surface area contributed by atoms with Crippen molar-refractivity contribution in [1.82, 2.24) is 9.80 Å². The van der Waals surface area contributed by atoms with E-state index in [2.05, 4.69) is 18.7 Å². The van der Waals surface area contributed by atoms with Gasteiger partial charge in [-0.3, -0.25) is 4.79 Å². The van der Waals surface area contributed by atoms with Gasteiger partial charge in [0, 0.05) is 38.3 Å². The standard InChI is InChI=1S/C15H29N3O/c1-11(2)18-9-7-12(8-10-18)17(3)15(19)13-5-4-6-14(13)16/h11-14H,4-10,16H2,1-3H3. The van der Waals surface area contributed by atoms with E-state index in [9.17, 15) is 4.79 Å². The Kier molecular flexibility index (Phi) is 4.85. The summed E-state index contributed by atoms with van der Waals surface area (Å²) in [6.07, 6.45) is 5.30. The maximum atomic E-state index is 12.5. The monoisotopic (exact) mass is 267 g/mol. The minimum absolute atomic E-state index is 0.0770. The lowest BCUT2D eigenvalue weighted by Gasteiger charge is -2.39. The Bertz CT molecular complexity index is 311. The highest BCUT2D eigenvalue weighted by atomic mass is 16.2. The Balaban J connectivity index is 1.87. The molecule has 4 heteroatoms. The van der Waals surface area contributed by atoms with E-state index in [1.54, 1.807) is 0 Å². The first-order valence-electron chi connectivity index (χ1n) is 7.77. The molecule has 1 aliphatic carbocycles. The van der Waals surface area contributed by atoms with Gasteiger partial charge in [0.1, 0.15) is 0 Å². The van der Waals surface area contributed by atoms with Crippen molar-refractivity contribution in [2.24, 2.45) is 11.7 Å². The molecule has 1 aliphatic heterocycles. The predicted molar refractivity (Wildman–Crippen MR) is 77.8 cm³/mol. The van der Waals surface area contributed by atoms with Gasteiger partial charge in [-0.25, -0.2) is 0 Å². The summed E-state index contributed by atoms with van der Waals surface area (Å²) in [6, 6.07) is 1.12. The minimum atomic E-state index is 0.0770. The molecule has 1 amide bonds. The van der Waals surface area contributed by atoms with Gasteiger partial charge in [-0.15, -0.1) is 0 Å². The van der Waals surface area contributed by atoms with Gasteiger partial charge in [-0.05, 0) is 39.5 Å². The Labute approximate surface area is 117 Å². The van der Waals surface area contributed by atoms with Gasteiger partial charge in [-0.2, -0.15) is 0 Å². The Hall–Kier alpha value is -0.610. The van der Waals surface area contributed by atoms with Gasteiger partial charge < -0.3 is 15.5 Å². The second kappa shape index (κ2) is 6.23. The molecule has 19 heavy (non-hydrogen) atoms. The molecule has 0 bridgehead atoms. The van der Waals surface area contributed by atoms with Crippen molar-refractivity contribution in [3.8, 4) is 0 Å². The SMILES string of the molecule is CC(C)N1CCC(N(C)C(=O)C2CCCC2N)CC1. The van der Waals surface area contributed by atoms with Gasteiger partial charge in [0.15, 0.2) is 0 Å². The molecule has 2 N–H and O–H groups in total. The zero-order valence-electron chi connectivity index (χ0n) is 12.6. The average Bonchev–Trinajstić information content (AvgIpc) is 2.83. The van der Waals surface area contributed by atoms with Gasteiger partial charge in [0.25, 0.3) is 0 Å². The normalized spacial score (nSPS) is 29.9. The van der Waals surface area contributed by atoms with Crippen LogP contribution in [0, 0.1) is 5.92 Å². The molecule has 2 atom stereocenters. The third-order valence-electron chi connectivity index (χ3n) is 5.01. The molecule has 2 aliphatic rings. The molecule has 0 aromatic heterocycles. The highest BCUT2D eigenvalue weighted by Gasteiger charge is 2.35. The van der Waals surface area contributed by atoms with Crippen molar-refractivity contribution < 1.29 is 4.79 Å². The third-order valence-corrected chi connectivity index (χ3v) is 5.01. The molecule has 1 saturated heterocycles. The second-order valence-corrected chi connectivity index (χ2v) is 6.51. The van der Waals surface area contributed by atoms with Crippen LogP contribution in [0.15, 0.2) is 0 Å². The van der Waals surface area contributed by atoms with Gasteiger partial charge in [0.05, 0.1) is 5.92 Å². The van der Waals surface area contributed by atoms with Crippen molar-refractivity contribution in [2.45, 2.75) is 64.1 Å². The first kappa shape index (κ1) is 14.8. The topological polar surface area (TPSA) is 49.6 Å². The van der Waals surface area contributed by atoms with Gasteiger partial charge in [0.2, 0.25) is 5.91 Å². The summed E-state index contributed by atoms with van der Waals surface area (Å²) in [7, 11) is 1.98. The molecule has 0 aromatic carbocycles. The minimum Gasteiger partial charge on any atom is -0.342 e. The molecule has 1 heterocycles. The van der Waals surface area contributed by atoms with Crippen molar-refractivity contribution in [3.05, 3.63) is 0 Å². The van der Waals surface area contributed by atoms with E-state index in [-0.39, 0.29) is 17.9 Å². The molecule has 0 spiro atoms. The fourth-order valence-corrected chi connectivity index (χ4v) is 3.53. The molecule has 2 rings (SSSR count).